The van der Waals surface area contributed by atoms with Gasteiger partial charge in [0.25, 0.3) is 10.1 Å². The fraction of sp³-hybridized carbons (Fsp3) is 0.857. The number of hydrogen-bond acceptors (Lipinski definition) is 2. The summed E-state index contributed by atoms with van der Waals surface area (Å²) in [5, 5.41) is 0. The van der Waals surface area contributed by atoms with Crippen molar-refractivity contribution in [3.63, 3.8) is 0 Å². The quantitative estimate of drug-likeness (QED) is 0.503. The van der Waals surface area contributed by atoms with Gasteiger partial charge in [-0.25, -0.2) is 0 Å². The Bertz CT molecular complexity index is 221. The third-order valence-electron chi connectivity index (χ3n) is 1.77. The number of hydrogen-bond donors (Lipinski definition) is 1. The van der Waals surface area contributed by atoms with E-state index in [-0.39, 0.29) is 5.75 Å². The van der Waals surface area contributed by atoms with Crippen LogP contribution in [0.25, 0.3) is 0 Å². The normalized spacial score (nSPS) is 13.3. The first-order chi connectivity index (χ1) is 5.27. The molecule has 12 heavy (non-hydrogen) atoms. The second-order valence-electron chi connectivity index (χ2n) is 3.52. The zero-order valence-electron chi connectivity index (χ0n) is 7.65. The van der Waals surface area contributed by atoms with E-state index in [0.29, 0.717) is 24.0 Å². The lowest BCUT2D eigenvalue weighted by molar-refractivity contribution is -0.885. The van der Waals surface area contributed by atoms with Gasteiger partial charge in [0.1, 0.15) is 0 Å². The molecule has 5 heteroatoms. The first-order valence-corrected chi connectivity index (χ1v) is 5.44. The van der Waals surface area contributed by atoms with Gasteiger partial charge in [0.05, 0.1) is 32.9 Å². The van der Waals surface area contributed by atoms with Crippen molar-refractivity contribution in [1.29, 1.82) is 0 Å². The highest BCUT2D eigenvalue weighted by Crippen LogP contribution is 1.99. The highest BCUT2D eigenvalue weighted by molar-refractivity contribution is 7.85. The van der Waals surface area contributed by atoms with Crippen molar-refractivity contribution in [2.45, 2.75) is 6.42 Å². The minimum absolute atomic E-state index is 0.158. The van der Waals surface area contributed by atoms with E-state index in [2.05, 4.69) is 6.92 Å². The standard InChI is InChI=1S/C7H16NO3S/c1-4-8(2,3)6-5-7-12(9,10)11/h1,4-7H2,2-3H3/p+1. The Morgan fingerprint density at radius 1 is 1.42 bits per heavy atom. The molecule has 0 aliphatic heterocycles. The molecular formula is C7H17NO3S+. The lowest BCUT2D eigenvalue weighted by Crippen LogP contribution is -2.40. The highest BCUT2D eigenvalue weighted by Gasteiger charge is 2.13. The molecule has 0 aliphatic rings. The van der Waals surface area contributed by atoms with Crippen LogP contribution in [-0.2, 0) is 10.1 Å². The van der Waals surface area contributed by atoms with Crippen LogP contribution in [0.15, 0.2) is 0 Å². The Labute approximate surface area is 74.5 Å². The maximum atomic E-state index is 10.3. The first-order valence-electron chi connectivity index (χ1n) is 3.83. The van der Waals surface area contributed by atoms with Crippen molar-refractivity contribution in [3.05, 3.63) is 6.92 Å². The molecule has 1 N–H and O–H groups in total. The molecule has 0 saturated heterocycles. The van der Waals surface area contributed by atoms with E-state index >= 15 is 0 Å². The van der Waals surface area contributed by atoms with Crippen molar-refractivity contribution in [3.8, 4) is 0 Å². The van der Waals surface area contributed by atoms with E-state index in [4.69, 9.17) is 4.55 Å². The van der Waals surface area contributed by atoms with Crippen LogP contribution >= 0.6 is 0 Å². The summed E-state index contributed by atoms with van der Waals surface area (Å²) in [6.45, 7) is 5.16. The summed E-state index contributed by atoms with van der Waals surface area (Å²) >= 11 is 0. The summed E-state index contributed by atoms with van der Waals surface area (Å²) in [7, 11) is 0.153. The molecule has 0 spiro atoms. The molecule has 0 rings (SSSR count). The van der Waals surface area contributed by atoms with Crippen molar-refractivity contribution in [2.75, 3.05) is 32.9 Å². The largest absolute Gasteiger partial charge is 0.328 e. The van der Waals surface area contributed by atoms with Crippen LogP contribution in [0.2, 0.25) is 0 Å². The van der Waals surface area contributed by atoms with E-state index in [9.17, 15) is 8.42 Å². The Balaban J connectivity index is 3.72. The average Bonchev–Trinajstić information content (AvgIpc) is 1.84. The fourth-order valence-electron chi connectivity index (χ4n) is 0.787. The van der Waals surface area contributed by atoms with Gasteiger partial charge in [-0.3, -0.25) is 4.55 Å². The number of nitrogens with zero attached hydrogens (tertiary/aromatic N) is 1. The average molecular weight is 195 g/mol. The van der Waals surface area contributed by atoms with Gasteiger partial charge < -0.3 is 4.48 Å². The van der Waals surface area contributed by atoms with Gasteiger partial charge in [-0.1, -0.05) is 0 Å². The Kier molecular flexibility index (Phi) is 4.16. The molecule has 1 radical (unpaired) electrons. The molecule has 0 atom stereocenters. The lowest BCUT2D eigenvalue weighted by atomic mass is 10.4. The van der Waals surface area contributed by atoms with E-state index < -0.39 is 10.1 Å². The third-order valence-corrected chi connectivity index (χ3v) is 2.58. The topological polar surface area (TPSA) is 54.4 Å². The maximum Gasteiger partial charge on any atom is 0.265 e. The highest BCUT2D eigenvalue weighted by atomic mass is 32.2. The van der Waals surface area contributed by atoms with Crippen LogP contribution in [0.1, 0.15) is 6.42 Å². The van der Waals surface area contributed by atoms with Crippen molar-refractivity contribution in [1.82, 2.24) is 0 Å². The zero-order valence-corrected chi connectivity index (χ0v) is 8.47. The Morgan fingerprint density at radius 3 is 2.25 bits per heavy atom. The molecule has 0 fully saturated rings. The predicted octanol–water partition coefficient (Wildman–Crippen LogP) is 0.175. The second kappa shape index (κ2) is 4.20. The van der Waals surface area contributed by atoms with Gasteiger partial charge in [0.2, 0.25) is 0 Å². The molecule has 0 aliphatic carbocycles. The summed E-state index contributed by atoms with van der Waals surface area (Å²) in [5.74, 6) is -0.158. The predicted molar refractivity (Wildman–Crippen MR) is 48.2 cm³/mol. The minimum atomic E-state index is -3.79. The molecular weight excluding hydrogens is 178 g/mol. The molecule has 0 aromatic heterocycles. The molecule has 0 saturated carbocycles. The van der Waals surface area contributed by atoms with Crippen molar-refractivity contribution in [2.24, 2.45) is 0 Å². The summed E-state index contributed by atoms with van der Waals surface area (Å²) in [6, 6.07) is 0. The fourth-order valence-corrected chi connectivity index (χ4v) is 1.28. The van der Waals surface area contributed by atoms with Crippen LogP contribution < -0.4 is 0 Å². The summed E-state index contributed by atoms with van der Waals surface area (Å²) in [5.41, 5.74) is 0. The van der Waals surface area contributed by atoms with E-state index in [1.54, 1.807) is 0 Å². The van der Waals surface area contributed by atoms with E-state index in [0.717, 1.165) is 0 Å². The molecule has 4 nitrogen and oxygen atoms in total. The van der Waals surface area contributed by atoms with Crippen LogP contribution in [0, 0.1) is 6.92 Å². The summed E-state index contributed by atoms with van der Waals surface area (Å²) < 4.78 is 29.8. The first kappa shape index (κ1) is 11.9. The lowest BCUT2D eigenvalue weighted by Gasteiger charge is -2.27. The summed E-state index contributed by atoms with van der Waals surface area (Å²) in [6.07, 6.45) is 0.474. The van der Waals surface area contributed by atoms with Crippen LogP contribution in [0.3, 0.4) is 0 Å². The SMILES string of the molecule is [CH2]C[N+](C)(C)CCCS(=O)(=O)O. The summed E-state index contributed by atoms with van der Waals surface area (Å²) in [4.78, 5) is 0. The van der Waals surface area contributed by atoms with Gasteiger partial charge in [0, 0.05) is 13.3 Å². The van der Waals surface area contributed by atoms with Gasteiger partial charge in [-0.2, -0.15) is 8.42 Å². The molecule has 0 bridgehead atoms. The minimum Gasteiger partial charge on any atom is -0.328 e. The molecule has 73 valence electrons. The zero-order chi connectivity index (χ0) is 9.83. The number of quaternary nitrogens is 1. The Morgan fingerprint density at radius 2 is 1.92 bits per heavy atom. The Hall–Kier alpha value is -0.130. The monoisotopic (exact) mass is 195 g/mol. The molecule has 0 aromatic carbocycles. The van der Waals surface area contributed by atoms with Crippen molar-refractivity contribution < 1.29 is 17.5 Å². The molecule has 0 unspecified atom stereocenters. The smallest absolute Gasteiger partial charge is 0.265 e. The van der Waals surface area contributed by atoms with Crippen LogP contribution in [0.5, 0.6) is 0 Å². The molecule has 0 heterocycles. The number of rotatable bonds is 5. The van der Waals surface area contributed by atoms with Crippen LogP contribution in [-0.4, -0.2) is 50.4 Å². The van der Waals surface area contributed by atoms with Gasteiger partial charge in [-0.05, 0) is 0 Å². The van der Waals surface area contributed by atoms with Gasteiger partial charge in [-0.15, -0.1) is 0 Å². The van der Waals surface area contributed by atoms with Crippen LogP contribution in [0.4, 0.5) is 0 Å². The molecule has 0 aromatic rings. The van der Waals surface area contributed by atoms with Gasteiger partial charge >= 0.3 is 0 Å². The maximum absolute atomic E-state index is 10.3. The van der Waals surface area contributed by atoms with E-state index in [1.165, 1.54) is 0 Å². The van der Waals surface area contributed by atoms with E-state index in [1.807, 2.05) is 14.1 Å². The van der Waals surface area contributed by atoms with Gasteiger partial charge in [0.15, 0.2) is 0 Å². The molecule has 0 amide bonds. The third kappa shape index (κ3) is 6.57. The van der Waals surface area contributed by atoms with Crippen molar-refractivity contribution >= 4 is 10.1 Å². The second-order valence-corrected chi connectivity index (χ2v) is 5.09.